The summed E-state index contributed by atoms with van der Waals surface area (Å²) in [7, 11) is 0. The highest BCUT2D eigenvalue weighted by Crippen LogP contribution is 2.15. The molecule has 4 nitrogen and oxygen atoms in total. The molecule has 0 saturated carbocycles. The predicted molar refractivity (Wildman–Crippen MR) is 71.6 cm³/mol. The molecule has 0 aromatic carbocycles. The molecule has 1 N–H and O–H groups in total. The summed E-state index contributed by atoms with van der Waals surface area (Å²) in [6.45, 7) is 9.02. The van der Waals surface area contributed by atoms with Gasteiger partial charge < -0.3 is 10.0 Å². The molecule has 1 aromatic heterocycles. The van der Waals surface area contributed by atoms with Gasteiger partial charge in [0, 0.05) is 19.3 Å². The van der Waals surface area contributed by atoms with Crippen LogP contribution in [0.25, 0.3) is 0 Å². The van der Waals surface area contributed by atoms with Crippen molar-refractivity contribution in [2.24, 2.45) is 0 Å². The van der Waals surface area contributed by atoms with Crippen LogP contribution in [0.3, 0.4) is 0 Å². The number of carbonyl (C=O) groups is 1. The van der Waals surface area contributed by atoms with Gasteiger partial charge in [0.25, 0.3) is 5.91 Å². The zero-order valence-corrected chi connectivity index (χ0v) is 11.6. The molecule has 1 aliphatic rings. The first kappa shape index (κ1) is 14.6. The first-order chi connectivity index (χ1) is 8.58. The summed E-state index contributed by atoms with van der Waals surface area (Å²) in [5.41, 5.74) is 1.58. The van der Waals surface area contributed by atoms with Crippen LogP contribution in [-0.2, 0) is 0 Å². The summed E-state index contributed by atoms with van der Waals surface area (Å²) < 4.78 is 0. The van der Waals surface area contributed by atoms with Crippen LogP contribution in [0.15, 0.2) is 18.3 Å². The molecule has 18 heavy (non-hydrogen) atoms. The zero-order chi connectivity index (χ0) is 13.7. The van der Waals surface area contributed by atoms with Crippen molar-refractivity contribution in [1.29, 1.82) is 0 Å². The Morgan fingerprint density at radius 1 is 1.39 bits per heavy atom. The maximum Gasteiger partial charge on any atom is 0.272 e. The monoisotopic (exact) mass is 250 g/mol. The van der Waals surface area contributed by atoms with Crippen molar-refractivity contribution in [2.75, 3.05) is 13.1 Å². The van der Waals surface area contributed by atoms with Crippen molar-refractivity contribution >= 4 is 5.91 Å². The van der Waals surface area contributed by atoms with E-state index in [9.17, 15) is 4.79 Å². The fourth-order valence-electron chi connectivity index (χ4n) is 1.66. The smallest absolute Gasteiger partial charge is 0.272 e. The van der Waals surface area contributed by atoms with E-state index in [0.29, 0.717) is 24.7 Å². The minimum Gasteiger partial charge on any atom is -0.389 e. The van der Waals surface area contributed by atoms with Crippen LogP contribution in [0.1, 0.15) is 49.7 Å². The van der Waals surface area contributed by atoms with E-state index in [0.717, 1.165) is 5.56 Å². The van der Waals surface area contributed by atoms with E-state index in [-0.39, 0.29) is 12.0 Å². The number of carbonyl (C=O) groups excluding carboxylic acids is 1. The van der Waals surface area contributed by atoms with Crippen molar-refractivity contribution < 1.29 is 9.90 Å². The number of hydrogen-bond acceptors (Lipinski definition) is 3. The topological polar surface area (TPSA) is 53.4 Å². The molecular formula is C14H22N2O2. The molecule has 1 aromatic rings. The highest BCUT2D eigenvalue weighted by atomic mass is 16.3. The van der Waals surface area contributed by atoms with Gasteiger partial charge in [0.15, 0.2) is 0 Å². The Balaban J connectivity index is 0.000000771. The SMILES string of the molecule is CC.CC(C)c1ccc(C(=O)N2CC(O)C2)nc1. The van der Waals surface area contributed by atoms with Gasteiger partial charge in [-0.05, 0) is 17.5 Å². The molecule has 0 unspecified atom stereocenters. The second kappa shape index (κ2) is 6.50. The van der Waals surface area contributed by atoms with E-state index in [1.54, 1.807) is 17.2 Å². The van der Waals surface area contributed by atoms with Crippen molar-refractivity contribution in [2.45, 2.75) is 39.7 Å². The molecule has 1 fully saturated rings. The fourth-order valence-corrected chi connectivity index (χ4v) is 1.66. The minimum atomic E-state index is -0.362. The minimum absolute atomic E-state index is 0.0967. The third-order valence-corrected chi connectivity index (χ3v) is 2.82. The Morgan fingerprint density at radius 3 is 2.39 bits per heavy atom. The van der Waals surface area contributed by atoms with E-state index < -0.39 is 0 Å². The van der Waals surface area contributed by atoms with Crippen LogP contribution in [0, 0.1) is 0 Å². The first-order valence-corrected chi connectivity index (χ1v) is 6.51. The van der Waals surface area contributed by atoms with Crippen molar-refractivity contribution in [1.82, 2.24) is 9.88 Å². The third kappa shape index (κ3) is 3.29. The molecule has 100 valence electrons. The van der Waals surface area contributed by atoms with Gasteiger partial charge in [-0.15, -0.1) is 0 Å². The third-order valence-electron chi connectivity index (χ3n) is 2.82. The summed E-state index contributed by atoms with van der Waals surface area (Å²) in [6.07, 6.45) is 1.38. The van der Waals surface area contributed by atoms with Crippen LogP contribution in [-0.4, -0.2) is 40.1 Å². The number of rotatable bonds is 2. The molecule has 1 saturated heterocycles. The summed E-state index contributed by atoms with van der Waals surface area (Å²) in [5, 5.41) is 9.12. The Morgan fingerprint density at radius 2 is 2.00 bits per heavy atom. The van der Waals surface area contributed by atoms with Crippen LogP contribution < -0.4 is 0 Å². The van der Waals surface area contributed by atoms with Crippen LogP contribution in [0.4, 0.5) is 0 Å². The lowest BCUT2D eigenvalue weighted by atomic mass is 10.1. The van der Waals surface area contributed by atoms with E-state index in [2.05, 4.69) is 18.8 Å². The van der Waals surface area contributed by atoms with Gasteiger partial charge >= 0.3 is 0 Å². The summed E-state index contributed by atoms with van der Waals surface area (Å²) in [6, 6.07) is 3.68. The van der Waals surface area contributed by atoms with E-state index in [1.165, 1.54) is 0 Å². The van der Waals surface area contributed by atoms with Gasteiger partial charge in [0.2, 0.25) is 0 Å². The van der Waals surface area contributed by atoms with Gasteiger partial charge in [-0.2, -0.15) is 0 Å². The van der Waals surface area contributed by atoms with Gasteiger partial charge in [0.05, 0.1) is 6.10 Å². The zero-order valence-electron chi connectivity index (χ0n) is 11.6. The molecule has 0 bridgehead atoms. The van der Waals surface area contributed by atoms with Crippen molar-refractivity contribution in [3.8, 4) is 0 Å². The molecule has 0 spiro atoms. The lowest BCUT2D eigenvalue weighted by Gasteiger charge is -2.35. The Bertz CT molecular complexity index is 381. The van der Waals surface area contributed by atoms with Gasteiger partial charge in [-0.1, -0.05) is 33.8 Å². The number of likely N-dealkylation sites (tertiary alicyclic amines) is 1. The number of β-amino-alcohol motifs (C(OH)–C–C–N with tert-alkyl or cyclic N) is 1. The van der Waals surface area contributed by atoms with Gasteiger partial charge in [-0.3, -0.25) is 9.78 Å². The van der Waals surface area contributed by atoms with Crippen LogP contribution in [0.2, 0.25) is 0 Å². The number of aromatic nitrogens is 1. The molecular weight excluding hydrogens is 228 g/mol. The number of pyridine rings is 1. The van der Waals surface area contributed by atoms with Crippen molar-refractivity contribution in [3.05, 3.63) is 29.6 Å². The first-order valence-electron chi connectivity index (χ1n) is 6.51. The molecule has 1 amide bonds. The standard InChI is InChI=1S/C12H16N2O2.C2H6/c1-8(2)9-3-4-11(13-5-9)12(16)14-6-10(15)7-14;1-2/h3-5,8,10,15H,6-7H2,1-2H3;1-2H3. The lowest BCUT2D eigenvalue weighted by Crippen LogP contribution is -2.53. The second-order valence-corrected chi connectivity index (χ2v) is 4.50. The van der Waals surface area contributed by atoms with E-state index in [1.807, 2.05) is 19.9 Å². The maximum absolute atomic E-state index is 11.8. The summed E-state index contributed by atoms with van der Waals surface area (Å²) in [4.78, 5) is 17.6. The molecule has 4 heteroatoms. The van der Waals surface area contributed by atoms with E-state index >= 15 is 0 Å². The summed E-state index contributed by atoms with van der Waals surface area (Å²) in [5.74, 6) is 0.322. The fraction of sp³-hybridized carbons (Fsp3) is 0.571. The lowest BCUT2D eigenvalue weighted by molar-refractivity contribution is 0.00550. The average Bonchev–Trinajstić information content (AvgIpc) is 2.37. The molecule has 0 aliphatic carbocycles. The highest BCUT2D eigenvalue weighted by Gasteiger charge is 2.29. The average molecular weight is 250 g/mol. The number of nitrogens with zero attached hydrogens (tertiary/aromatic N) is 2. The molecule has 2 heterocycles. The Kier molecular flexibility index (Phi) is 5.28. The highest BCUT2D eigenvalue weighted by molar-refractivity contribution is 5.92. The largest absolute Gasteiger partial charge is 0.389 e. The molecule has 1 aliphatic heterocycles. The van der Waals surface area contributed by atoms with Crippen LogP contribution >= 0.6 is 0 Å². The number of amides is 1. The van der Waals surface area contributed by atoms with Gasteiger partial charge in [0.1, 0.15) is 5.69 Å². The maximum atomic E-state index is 11.8. The Hall–Kier alpha value is -1.42. The predicted octanol–water partition coefficient (Wildman–Crippen LogP) is 2.05. The summed E-state index contributed by atoms with van der Waals surface area (Å²) >= 11 is 0. The number of aliphatic hydroxyl groups is 1. The quantitative estimate of drug-likeness (QED) is 0.874. The Labute approximate surface area is 109 Å². The molecule has 0 radical (unpaired) electrons. The second-order valence-electron chi connectivity index (χ2n) is 4.50. The van der Waals surface area contributed by atoms with Crippen molar-refractivity contribution in [3.63, 3.8) is 0 Å². The van der Waals surface area contributed by atoms with E-state index in [4.69, 9.17) is 5.11 Å². The molecule has 0 atom stereocenters. The normalized spacial score (nSPS) is 14.9. The molecule has 2 rings (SSSR count). The van der Waals surface area contributed by atoms with Gasteiger partial charge in [-0.25, -0.2) is 0 Å². The number of aliphatic hydroxyl groups excluding tert-OH is 1. The van der Waals surface area contributed by atoms with Crippen LogP contribution in [0.5, 0.6) is 0 Å². The number of hydrogen-bond donors (Lipinski definition) is 1.